The summed E-state index contributed by atoms with van der Waals surface area (Å²) in [5.74, 6) is 0. The van der Waals surface area contributed by atoms with Gasteiger partial charge in [0.25, 0.3) is 0 Å². The maximum absolute atomic E-state index is 11.8. The number of hydrogen-bond donors (Lipinski definition) is 1. The van der Waals surface area contributed by atoms with Crippen LogP contribution in [0.1, 0.15) is 70.2 Å². The number of nitrogens with zero attached hydrogens (tertiary/aromatic N) is 3. The summed E-state index contributed by atoms with van der Waals surface area (Å²) < 4.78 is 5.29. The largest absolute Gasteiger partial charge is 0.444 e. The molecule has 1 fully saturated rings. The molecule has 1 N–H and O–H groups in total. The van der Waals surface area contributed by atoms with Gasteiger partial charge < -0.3 is 10.1 Å². The molecule has 1 aromatic heterocycles. The lowest BCUT2D eigenvalue weighted by atomic mass is 9.89. The number of likely N-dealkylation sites (N-methyl/N-ethyl adjacent to an activating group) is 1. The van der Waals surface area contributed by atoms with Crippen LogP contribution in [0.25, 0.3) is 0 Å². The quantitative estimate of drug-likeness (QED) is 0.345. The van der Waals surface area contributed by atoms with E-state index in [0.717, 1.165) is 49.1 Å². The van der Waals surface area contributed by atoms with Gasteiger partial charge >= 0.3 is 6.09 Å². The summed E-state index contributed by atoms with van der Waals surface area (Å²) in [5, 5.41) is 2.82. The molecule has 170 valence electrons. The van der Waals surface area contributed by atoms with Crippen molar-refractivity contribution in [2.24, 2.45) is 4.99 Å². The summed E-state index contributed by atoms with van der Waals surface area (Å²) in [6.45, 7) is 16.1. The van der Waals surface area contributed by atoms with E-state index in [1.165, 1.54) is 5.56 Å². The van der Waals surface area contributed by atoms with Crippen LogP contribution in [0.15, 0.2) is 47.2 Å². The van der Waals surface area contributed by atoms with Crippen molar-refractivity contribution >= 4 is 12.8 Å². The normalized spacial score (nSPS) is 20.5. The summed E-state index contributed by atoms with van der Waals surface area (Å²) in [5.41, 5.74) is 3.92. The van der Waals surface area contributed by atoms with Gasteiger partial charge in [-0.15, -0.1) is 0 Å². The van der Waals surface area contributed by atoms with Gasteiger partial charge in [-0.3, -0.25) is 14.9 Å². The Balaban J connectivity index is 2.07. The van der Waals surface area contributed by atoms with E-state index < -0.39 is 5.60 Å². The molecule has 1 amide bonds. The van der Waals surface area contributed by atoms with Crippen LogP contribution in [0.2, 0.25) is 0 Å². The summed E-state index contributed by atoms with van der Waals surface area (Å²) in [4.78, 5) is 23.3. The number of aromatic nitrogens is 1. The molecule has 1 saturated heterocycles. The van der Waals surface area contributed by atoms with Gasteiger partial charge in [-0.2, -0.15) is 0 Å². The van der Waals surface area contributed by atoms with E-state index in [1.54, 1.807) is 0 Å². The number of aryl methyl sites for hydroxylation is 1. The summed E-state index contributed by atoms with van der Waals surface area (Å²) in [6, 6.07) is 4.53. The molecule has 0 aliphatic carbocycles. The number of carbonyl (C=O) groups is 1. The van der Waals surface area contributed by atoms with Crippen molar-refractivity contribution in [2.75, 3.05) is 13.6 Å². The standard InChI is InChI=1S/C25H38N4O2/c1-8-19(13-11-17-28-24(30)31-25(3,4)5)23(26-6)21-15-9-14-20(29(21)7)22-18(2)12-10-16-27-22/h8,10,12,16,20-21H,1,6,9,11,13-15,17H2,2-5,7H3,(H,28,30)/b23-19+. The molecule has 0 saturated carbocycles. The van der Waals surface area contributed by atoms with Gasteiger partial charge in [0.05, 0.1) is 23.5 Å². The minimum atomic E-state index is -0.496. The highest BCUT2D eigenvalue weighted by atomic mass is 16.6. The number of aliphatic imine (C=N–C) groups is 1. The summed E-state index contributed by atoms with van der Waals surface area (Å²) in [6.07, 6.45) is 8.12. The molecule has 2 atom stereocenters. The molecular weight excluding hydrogens is 388 g/mol. The van der Waals surface area contributed by atoms with Crippen LogP contribution < -0.4 is 5.32 Å². The zero-order valence-electron chi connectivity index (χ0n) is 19.8. The Morgan fingerprint density at radius 2 is 2.16 bits per heavy atom. The number of likely N-dealkylation sites (tertiary alicyclic amines) is 1. The molecule has 0 bridgehead atoms. The molecule has 2 unspecified atom stereocenters. The highest BCUT2D eigenvalue weighted by Gasteiger charge is 2.33. The third-order valence-corrected chi connectivity index (χ3v) is 5.66. The minimum Gasteiger partial charge on any atom is -0.444 e. The fourth-order valence-electron chi connectivity index (χ4n) is 4.17. The molecular formula is C25H38N4O2. The lowest BCUT2D eigenvalue weighted by Crippen LogP contribution is -2.40. The average molecular weight is 427 g/mol. The van der Waals surface area contributed by atoms with E-state index in [-0.39, 0.29) is 18.2 Å². The van der Waals surface area contributed by atoms with Crippen LogP contribution in [-0.2, 0) is 4.74 Å². The highest BCUT2D eigenvalue weighted by Crippen LogP contribution is 2.37. The zero-order chi connectivity index (χ0) is 23.0. The Morgan fingerprint density at radius 3 is 2.77 bits per heavy atom. The fraction of sp³-hybridized carbons (Fsp3) is 0.560. The van der Waals surface area contributed by atoms with Crippen LogP contribution in [-0.4, -0.2) is 47.9 Å². The monoisotopic (exact) mass is 426 g/mol. The van der Waals surface area contributed by atoms with Crippen LogP contribution in [0.4, 0.5) is 4.79 Å². The first-order chi connectivity index (χ1) is 14.7. The van der Waals surface area contributed by atoms with E-state index in [0.29, 0.717) is 6.54 Å². The van der Waals surface area contributed by atoms with Crippen molar-refractivity contribution < 1.29 is 9.53 Å². The topological polar surface area (TPSA) is 66.8 Å². The second-order valence-corrected chi connectivity index (χ2v) is 9.14. The molecule has 6 nitrogen and oxygen atoms in total. The van der Waals surface area contributed by atoms with Crippen molar-refractivity contribution in [1.29, 1.82) is 0 Å². The fourth-order valence-corrected chi connectivity index (χ4v) is 4.17. The number of piperidine rings is 1. The third-order valence-electron chi connectivity index (χ3n) is 5.66. The molecule has 0 radical (unpaired) electrons. The Labute approximate surface area is 187 Å². The molecule has 0 aromatic carbocycles. The number of ether oxygens (including phenoxy) is 1. The van der Waals surface area contributed by atoms with Gasteiger partial charge in [0.1, 0.15) is 5.60 Å². The predicted molar refractivity (Wildman–Crippen MR) is 127 cm³/mol. The molecule has 6 heteroatoms. The van der Waals surface area contributed by atoms with E-state index in [4.69, 9.17) is 4.74 Å². The molecule has 2 rings (SSSR count). The van der Waals surface area contributed by atoms with Gasteiger partial charge in [0.2, 0.25) is 0 Å². The van der Waals surface area contributed by atoms with Gasteiger partial charge in [-0.1, -0.05) is 18.7 Å². The van der Waals surface area contributed by atoms with Gasteiger partial charge in [0, 0.05) is 12.7 Å². The van der Waals surface area contributed by atoms with Gasteiger partial charge in [0.15, 0.2) is 0 Å². The van der Waals surface area contributed by atoms with Crippen molar-refractivity contribution in [2.45, 2.75) is 77.5 Å². The Morgan fingerprint density at radius 1 is 1.42 bits per heavy atom. The van der Waals surface area contributed by atoms with Crippen molar-refractivity contribution in [3.63, 3.8) is 0 Å². The lowest BCUT2D eigenvalue weighted by molar-refractivity contribution is 0.0527. The van der Waals surface area contributed by atoms with E-state index >= 15 is 0 Å². The number of allylic oxidation sites excluding steroid dienone is 2. The molecule has 1 aliphatic heterocycles. The maximum atomic E-state index is 11.8. The van der Waals surface area contributed by atoms with Crippen LogP contribution in [0.5, 0.6) is 0 Å². The van der Waals surface area contributed by atoms with Gasteiger partial charge in [-0.25, -0.2) is 4.79 Å². The van der Waals surface area contributed by atoms with Crippen LogP contribution >= 0.6 is 0 Å². The number of carbonyl (C=O) groups excluding carboxylic acids is 1. The first-order valence-corrected chi connectivity index (χ1v) is 11.1. The molecule has 1 aliphatic rings. The highest BCUT2D eigenvalue weighted by molar-refractivity contribution is 5.67. The number of hydrogen-bond acceptors (Lipinski definition) is 5. The number of amides is 1. The zero-order valence-corrected chi connectivity index (χ0v) is 19.8. The lowest BCUT2D eigenvalue weighted by Gasteiger charge is -2.40. The predicted octanol–water partition coefficient (Wildman–Crippen LogP) is 5.36. The molecule has 1 aromatic rings. The first kappa shape index (κ1) is 24.8. The Hall–Kier alpha value is -2.47. The van der Waals surface area contributed by atoms with E-state index in [1.807, 2.05) is 39.1 Å². The smallest absolute Gasteiger partial charge is 0.407 e. The SMILES string of the molecule is C=C/C(CCCNC(=O)OC(C)(C)C)=C(\N=C)C1CCCC(c2ncccc2C)N1C. The van der Waals surface area contributed by atoms with Crippen molar-refractivity contribution in [3.05, 3.63) is 53.5 Å². The molecule has 31 heavy (non-hydrogen) atoms. The average Bonchev–Trinajstić information content (AvgIpc) is 2.70. The van der Waals surface area contributed by atoms with Crippen LogP contribution in [0.3, 0.4) is 0 Å². The second kappa shape index (κ2) is 11.2. The number of nitrogens with one attached hydrogen (secondary N) is 1. The summed E-state index contributed by atoms with van der Waals surface area (Å²) >= 11 is 0. The number of alkyl carbamates (subject to hydrolysis) is 1. The first-order valence-electron chi connectivity index (χ1n) is 11.1. The number of rotatable bonds is 8. The van der Waals surface area contributed by atoms with Crippen molar-refractivity contribution in [1.82, 2.24) is 15.2 Å². The maximum Gasteiger partial charge on any atom is 0.407 e. The van der Waals surface area contributed by atoms with E-state index in [2.05, 4.69) is 53.5 Å². The Kier molecular flexibility index (Phi) is 8.99. The van der Waals surface area contributed by atoms with E-state index in [9.17, 15) is 4.79 Å². The van der Waals surface area contributed by atoms with Crippen molar-refractivity contribution in [3.8, 4) is 0 Å². The third kappa shape index (κ3) is 7.03. The molecule has 2 heterocycles. The molecule has 0 spiro atoms. The number of pyridine rings is 1. The van der Waals surface area contributed by atoms with Gasteiger partial charge in [-0.05, 0) is 90.8 Å². The second-order valence-electron chi connectivity index (χ2n) is 9.14. The Bertz CT molecular complexity index is 810. The summed E-state index contributed by atoms with van der Waals surface area (Å²) in [7, 11) is 2.15. The minimum absolute atomic E-state index is 0.171. The van der Waals surface area contributed by atoms with Crippen LogP contribution in [0, 0.1) is 6.92 Å².